The van der Waals surface area contributed by atoms with Gasteiger partial charge in [0.05, 0.1) is 0 Å². The van der Waals surface area contributed by atoms with Crippen LogP contribution in [0.15, 0.2) is 0 Å². The van der Waals surface area contributed by atoms with E-state index in [0.717, 1.165) is 11.0 Å². The van der Waals surface area contributed by atoms with Crippen molar-refractivity contribution in [2.45, 2.75) is 3.92 Å². The molecule has 0 aromatic rings. The van der Waals surface area contributed by atoms with Gasteiger partial charge in [0.25, 0.3) is 0 Å². The number of rotatable bonds is 5. The van der Waals surface area contributed by atoms with Gasteiger partial charge in [0, 0.05) is 11.0 Å². The first-order valence-corrected chi connectivity index (χ1v) is 6.36. The highest BCUT2D eigenvalue weighted by molar-refractivity contribution is 14.1. The summed E-state index contributed by atoms with van der Waals surface area (Å²) in [5, 5.41) is 0. The summed E-state index contributed by atoms with van der Waals surface area (Å²) >= 11 is 4.27. The minimum absolute atomic E-state index is 0.00892. The molecule has 1 atom stereocenters. The molecule has 0 fully saturated rings. The van der Waals surface area contributed by atoms with E-state index in [-0.39, 0.29) is 9.89 Å². The summed E-state index contributed by atoms with van der Waals surface area (Å²) in [6, 6.07) is 0. The molecule has 0 spiro atoms. The SMILES string of the molecule is CN(C)CCOC(=O)C(I)CI. The molecule has 0 aliphatic rings. The van der Waals surface area contributed by atoms with Crippen LogP contribution in [-0.2, 0) is 9.53 Å². The van der Waals surface area contributed by atoms with Crippen LogP contribution in [0, 0.1) is 0 Å². The molecule has 72 valence electrons. The van der Waals surface area contributed by atoms with Gasteiger partial charge in [-0.3, -0.25) is 4.79 Å². The maximum Gasteiger partial charge on any atom is 0.319 e. The van der Waals surface area contributed by atoms with Crippen LogP contribution in [0.25, 0.3) is 0 Å². The average molecular weight is 397 g/mol. The quantitative estimate of drug-likeness (QED) is 0.399. The number of carbonyl (C=O) groups excluding carboxylic acids is 1. The fourth-order valence-corrected chi connectivity index (χ4v) is 1.02. The molecule has 0 N–H and O–H groups in total. The topological polar surface area (TPSA) is 29.5 Å². The molecule has 0 amide bonds. The van der Waals surface area contributed by atoms with E-state index in [9.17, 15) is 4.79 Å². The number of esters is 1. The predicted molar refractivity (Wildman–Crippen MR) is 66.2 cm³/mol. The van der Waals surface area contributed by atoms with Crippen molar-refractivity contribution in [3.05, 3.63) is 0 Å². The Hall–Kier alpha value is 0.890. The second-order valence-corrected chi connectivity index (χ2v) is 4.98. The summed E-state index contributed by atoms with van der Waals surface area (Å²) in [5.41, 5.74) is 0. The first-order valence-electron chi connectivity index (χ1n) is 3.59. The van der Waals surface area contributed by atoms with Gasteiger partial charge in [-0.2, -0.15) is 0 Å². The highest BCUT2D eigenvalue weighted by Crippen LogP contribution is 2.06. The molecule has 0 saturated heterocycles. The van der Waals surface area contributed by atoms with E-state index in [2.05, 4.69) is 45.2 Å². The van der Waals surface area contributed by atoms with Gasteiger partial charge in [0.1, 0.15) is 10.5 Å². The standard InChI is InChI=1S/C7H13I2NO2/c1-10(2)3-4-12-7(11)6(9)5-8/h6H,3-5H2,1-2H3. The Balaban J connectivity index is 3.44. The van der Waals surface area contributed by atoms with Crippen molar-refractivity contribution in [3.8, 4) is 0 Å². The molecule has 0 radical (unpaired) electrons. The van der Waals surface area contributed by atoms with Gasteiger partial charge in [-0.25, -0.2) is 0 Å². The van der Waals surface area contributed by atoms with E-state index in [1.165, 1.54) is 0 Å². The van der Waals surface area contributed by atoms with Crippen LogP contribution in [0.5, 0.6) is 0 Å². The third-order valence-corrected chi connectivity index (χ3v) is 4.69. The number of ether oxygens (including phenoxy) is 1. The third kappa shape index (κ3) is 6.41. The van der Waals surface area contributed by atoms with Crippen LogP contribution < -0.4 is 0 Å². The van der Waals surface area contributed by atoms with Crippen molar-refractivity contribution in [3.63, 3.8) is 0 Å². The summed E-state index contributed by atoms with van der Waals surface area (Å²) < 4.78 is 5.81. The van der Waals surface area contributed by atoms with Crippen LogP contribution in [-0.4, -0.2) is 46.5 Å². The van der Waals surface area contributed by atoms with Gasteiger partial charge in [-0.15, -0.1) is 0 Å². The lowest BCUT2D eigenvalue weighted by molar-refractivity contribution is -0.142. The summed E-state index contributed by atoms with van der Waals surface area (Å²) in [7, 11) is 3.90. The number of hydrogen-bond acceptors (Lipinski definition) is 3. The lowest BCUT2D eigenvalue weighted by Crippen LogP contribution is -2.24. The molecule has 0 rings (SSSR count). The molecule has 5 heteroatoms. The molecule has 0 bridgehead atoms. The lowest BCUT2D eigenvalue weighted by Gasteiger charge is -2.11. The van der Waals surface area contributed by atoms with Crippen molar-refractivity contribution in [1.82, 2.24) is 4.90 Å². The average Bonchev–Trinajstić information content (AvgIpc) is 2.02. The van der Waals surface area contributed by atoms with E-state index in [4.69, 9.17) is 4.74 Å². The molecule has 12 heavy (non-hydrogen) atoms. The van der Waals surface area contributed by atoms with E-state index in [1.807, 2.05) is 19.0 Å². The fraction of sp³-hybridized carbons (Fsp3) is 0.857. The zero-order valence-corrected chi connectivity index (χ0v) is 11.5. The molecule has 0 aliphatic heterocycles. The largest absolute Gasteiger partial charge is 0.464 e. The predicted octanol–water partition coefficient (Wildman–Crippen LogP) is 1.33. The highest BCUT2D eigenvalue weighted by Gasteiger charge is 2.13. The molecule has 0 aromatic carbocycles. The smallest absolute Gasteiger partial charge is 0.319 e. The summed E-state index contributed by atoms with van der Waals surface area (Å²) in [6.07, 6.45) is 0. The van der Waals surface area contributed by atoms with Gasteiger partial charge in [-0.05, 0) is 14.1 Å². The van der Waals surface area contributed by atoms with E-state index in [1.54, 1.807) is 0 Å². The Morgan fingerprint density at radius 2 is 2.17 bits per heavy atom. The van der Waals surface area contributed by atoms with Crippen LogP contribution in [0.2, 0.25) is 0 Å². The molecule has 0 aromatic heterocycles. The summed E-state index contributed by atoms with van der Waals surface area (Å²) in [5.74, 6) is -0.105. The Bertz CT molecular complexity index is 141. The third-order valence-electron chi connectivity index (χ3n) is 1.17. The Labute approximate surface area is 100 Å². The molecule has 0 aliphatic carbocycles. The molecular weight excluding hydrogens is 384 g/mol. The van der Waals surface area contributed by atoms with Crippen molar-refractivity contribution >= 4 is 51.2 Å². The maximum atomic E-state index is 11.1. The van der Waals surface area contributed by atoms with Crippen LogP contribution in [0.4, 0.5) is 0 Å². The first-order chi connectivity index (χ1) is 5.57. The van der Waals surface area contributed by atoms with Gasteiger partial charge >= 0.3 is 5.97 Å². The normalized spacial score (nSPS) is 13.1. The van der Waals surface area contributed by atoms with E-state index in [0.29, 0.717) is 6.61 Å². The zero-order chi connectivity index (χ0) is 9.56. The van der Waals surface area contributed by atoms with Crippen molar-refractivity contribution in [1.29, 1.82) is 0 Å². The Morgan fingerprint density at radius 1 is 1.58 bits per heavy atom. The zero-order valence-electron chi connectivity index (χ0n) is 7.22. The molecule has 3 nitrogen and oxygen atoms in total. The number of hydrogen-bond donors (Lipinski definition) is 0. The minimum Gasteiger partial charge on any atom is -0.464 e. The Morgan fingerprint density at radius 3 is 2.58 bits per heavy atom. The molecular formula is C7H13I2NO2. The highest BCUT2D eigenvalue weighted by atomic mass is 127. The van der Waals surface area contributed by atoms with Crippen molar-refractivity contribution < 1.29 is 9.53 Å². The maximum absolute atomic E-state index is 11.1. The van der Waals surface area contributed by atoms with Gasteiger partial charge < -0.3 is 9.64 Å². The molecule has 0 heterocycles. The van der Waals surface area contributed by atoms with Crippen molar-refractivity contribution in [2.24, 2.45) is 0 Å². The van der Waals surface area contributed by atoms with Gasteiger partial charge in [0.2, 0.25) is 0 Å². The number of carbonyl (C=O) groups is 1. The lowest BCUT2D eigenvalue weighted by atomic mass is 10.5. The van der Waals surface area contributed by atoms with Crippen LogP contribution in [0.3, 0.4) is 0 Å². The summed E-state index contributed by atoms with van der Waals surface area (Å²) in [4.78, 5) is 13.1. The molecule has 0 saturated carbocycles. The second kappa shape index (κ2) is 7.31. The number of nitrogens with zero attached hydrogens (tertiary/aromatic N) is 1. The first kappa shape index (κ1) is 12.9. The fourth-order valence-electron chi connectivity index (χ4n) is 0.482. The molecule has 1 unspecified atom stereocenters. The Kier molecular flexibility index (Phi) is 7.85. The van der Waals surface area contributed by atoms with E-state index >= 15 is 0 Å². The summed E-state index contributed by atoms with van der Waals surface area (Å²) in [6.45, 7) is 1.28. The second-order valence-electron chi connectivity index (χ2n) is 2.59. The number of likely N-dealkylation sites (N-methyl/N-ethyl adjacent to an activating group) is 1. The van der Waals surface area contributed by atoms with Gasteiger partial charge in [-0.1, -0.05) is 45.2 Å². The monoisotopic (exact) mass is 397 g/mol. The number of halogens is 2. The van der Waals surface area contributed by atoms with Crippen LogP contribution in [0.1, 0.15) is 0 Å². The van der Waals surface area contributed by atoms with Gasteiger partial charge in [0.15, 0.2) is 0 Å². The minimum atomic E-state index is -0.105. The van der Waals surface area contributed by atoms with Crippen LogP contribution >= 0.6 is 45.2 Å². The van der Waals surface area contributed by atoms with E-state index < -0.39 is 0 Å². The number of alkyl halides is 2. The van der Waals surface area contributed by atoms with Crippen molar-refractivity contribution in [2.75, 3.05) is 31.7 Å².